The molecular formula is C15H17N3O3. The van der Waals surface area contributed by atoms with Crippen LogP contribution in [0.3, 0.4) is 0 Å². The Bertz CT molecular complexity index is 619. The number of amides is 1. The number of hydrogen-bond acceptors (Lipinski definition) is 4. The largest absolute Gasteiger partial charge is 0.366 e. The zero-order chi connectivity index (χ0) is 15.4. The molecule has 0 saturated carbocycles. The van der Waals surface area contributed by atoms with Gasteiger partial charge in [-0.3, -0.25) is 14.9 Å². The van der Waals surface area contributed by atoms with Crippen molar-refractivity contribution in [2.24, 2.45) is 0 Å². The number of rotatable bonds is 5. The van der Waals surface area contributed by atoms with Crippen LogP contribution < -0.4 is 10.6 Å². The number of nitrogens with zero attached hydrogens (tertiary/aromatic N) is 1. The van der Waals surface area contributed by atoms with Crippen molar-refractivity contribution in [1.82, 2.24) is 0 Å². The van der Waals surface area contributed by atoms with Crippen LogP contribution in [-0.4, -0.2) is 16.9 Å². The number of carbonyl (C=O) groups excluding carboxylic acids is 1. The number of nitrogens with one attached hydrogen (secondary N) is 2. The molecule has 0 aromatic heterocycles. The normalized spacial score (nSPS) is 14.6. The summed E-state index contributed by atoms with van der Waals surface area (Å²) in [6.45, 7) is 1.99. The molecular weight excluding hydrogens is 270 g/mol. The lowest BCUT2D eigenvalue weighted by Crippen LogP contribution is -2.21. The van der Waals surface area contributed by atoms with Crippen LogP contribution >= 0.6 is 0 Å². The maximum atomic E-state index is 11.4. The fraction of sp³-hybridized carbons (Fsp3) is 0.400. The Morgan fingerprint density at radius 1 is 1.52 bits per heavy atom. The van der Waals surface area contributed by atoms with Crippen molar-refractivity contribution in [2.45, 2.75) is 38.6 Å². The van der Waals surface area contributed by atoms with E-state index in [1.54, 1.807) is 6.07 Å². The topological polar surface area (TPSA) is 84.3 Å². The summed E-state index contributed by atoms with van der Waals surface area (Å²) in [7, 11) is 0. The number of fused-ring (bicyclic) bond motifs is 1. The number of benzene rings is 1. The predicted octanol–water partition coefficient (Wildman–Crippen LogP) is 2.69. The number of hydrogen-bond donors (Lipinski definition) is 2. The molecule has 0 fully saturated rings. The van der Waals surface area contributed by atoms with Gasteiger partial charge in [0, 0.05) is 18.2 Å². The minimum absolute atomic E-state index is 0.0127. The number of aryl methyl sites for hydroxylation is 1. The molecule has 21 heavy (non-hydrogen) atoms. The molecule has 0 radical (unpaired) electrons. The molecule has 2 N–H and O–H groups in total. The summed E-state index contributed by atoms with van der Waals surface area (Å²) in [4.78, 5) is 22.2. The molecule has 1 heterocycles. The van der Waals surface area contributed by atoms with Crippen molar-refractivity contribution in [3.8, 4) is 12.3 Å². The van der Waals surface area contributed by atoms with Gasteiger partial charge >= 0.3 is 0 Å². The monoisotopic (exact) mass is 287 g/mol. The fourth-order valence-electron chi connectivity index (χ4n) is 2.36. The highest BCUT2D eigenvalue weighted by Gasteiger charge is 2.23. The minimum atomic E-state index is -0.432. The lowest BCUT2D eigenvalue weighted by atomic mass is 10.0. The van der Waals surface area contributed by atoms with E-state index in [1.807, 2.05) is 6.92 Å². The van der Waals surface area contributed by atoms with Crippen molar-refractivity contribution >= 4 is 23.0 Å². The molecule has 6 heteroatoms. The van der Waals surface area contributed by atoms with Crippen LogP contribution in [0.4, 0.5) is 17.1 Å². The Morgan fingerprint density at radius 3 is 2.90 bits per heavy atom. The average molecular weight is 287 g/mol. The van der Waals surface area contributed by atoms with Crippen LogP contribution in [-0.2, 0) is 11.2 Å². The standard InChI is InChI=1S/C15H17N3O3/c1-3-5-11(4-2)16-13-9-12-10(6-7-15(19)17-12)8-14(13)18(20)21/h2,8-9,11,16H,3,5-7H2,1H3,(H,17,19). The molecule has 0 spiro atoms. The van der Waals surface area contributed by atoms with E-state index in [2.05, 4.69) is 16.6 Å². The summed E-state index contributed by atoms with van der Waals surface area (Å²) >= 11 is 0. The van der Waals surface area contributed by atoms with Crippen molar-refractivity contribution in [2.75, 3.05) is 10.6 Å². The van der Waals surface area contributed by atoms with Crippen molar-refractivity contribution in [3.05, 3.63) is 27.8 Å². The lowest BCUT2D eigenvalue weighted by Gasteiger charge is -2.20. The molecule has 1 aromatic carbocycles. The molecule has 1 aliphatic heterocycles. The van der Waals surface area contributed by atoms with Gasteiger partial charge in [-0.2, -0.15) is 0 Å². The van der Waals surface area contributed by atoms with Crippen molar-refractivity contribution in [3.63, 3.8) is 0 Å². The van der Waals surface area contributed by atoms with Crippen molar-refractivity contribution < 1.29 is 9.72 Å². The fourth-order valence-corrected chi connectivity index (χ4v) is 2.36. The highest BCUT2D eigenvalue weighted by Crippen LogP contribution is 2.34. The average Bonchev–Trinajstić information content (AvgIpc) is 2.45. The Hall–Kier alpha value is -2.55. The third kappa shape index (κ3) is 3.31. The highest BCUT2D eigenvalue weighted by molar-refractivity contribution is 5.95. The van der Waals surface area contributed by atoms with Crippen LogP contribution in [0.25, 0.3) is 0 Å². The second-order valence-electron chi connectivity index (χ2n) is 4.98. The third-order valence-corrected chi connectivity index (χ3v) is 3.42. The number of nitro benzene ring substituents is 1. The summed E-state index contributed by atoms with van der Waals surface area (Å²) in [5, 5.41) is 17.0. The molecule has 0 aliphatic carbocycles. The molecule has 1 unspecified atom stereocenters. The van der Waals surface area contributed by atoms with Crippen LogP contribution in [0.2, 0.25) is 0 Å². The Kier molecular flexibility index (Phi) is 4.43. The maximum absolute atomic E-state index is 11.4. The van der Waals surface area contributed by atoms with E-state index in [4.69, 9.17) is 6.42 Å². The van der Waals surface area contributed by atoms with E-state index >= 15 is 0 Å². The second kappa shape index (κ2) is 6.27. The summed E-state index contributed by atoms with van der Waals surface area (Å²) in [6.07, 6.45) is 7.89. The van der Waals surface area contributed by atoms with Crippen LogP contribution in [0.1, 0.15) is 31.7 Å². The minimum Gasteiger partial charge on any atom is -0.366 e. The highest BCUT2D eigenvalue weighted by atomic mass is 16.6. The zero-order valence-corrected chi connectivity index (χ0v) is 11.8. The number of nitro groups is 1. The van der Waals surface area contributed by atoms with Gasteiger partial charge in [0.1, 0.15) is 5.69 Å². The Balaban J connectivity index is 2.38. The van der Waals surface area contributed by atoms with Gasteiger partial charge in [0.2, 0.25) is 5.91 Å². The van der Waals surface area contributed by atoms with Crippen LogP contribution in [0.5, 0.6) is 0 Å². The molecule has 1 aromatic rings. The first-order valence-corrected chi connectivity index (χ1v) is 6.89. The lowest BCUT2D eigenvalue weighted by molar-refractivity contribution is -0.384. The van der Waals surface area contributed by atoms with E-state index in [9.17, 15) is 14.9 Å². The van der Waals surface area contributed by atoms with Gasteiger partial charge in [0.05, 0.1) is 11.0 Å². The number of carbonyl (C=O) groups is 1. The molecule has 110 valence electrons. The Morgan fingerprint density at radius 2 is 2.29 bits per heavy atom. The Labute approximate surface area is 123 Å². The van der Waals surface area contributed by atoms with E-state index < -0.39 is 4.92 Å². The van der Waals surface area contributed by atoms with E-state index in [1.165, 1.54) is 6.07 Å². The first kappa shape index (κ1) is 14.9. The maximum Gasteiger partial charge on any atom is 0.292 e. The third-order valence-electron chi connectivity index (χ3n) is 3.42. The van der Waals surface area contributed by atoms with Gasteiger partial charge < -0.3 is 10.6 Å². The van der Waals surface area contributed by atoms with Crippen LogP contribution in [0.15, 0.2) is 12.1 Å². The molecule has 1 aliphatic rings. The number of terminal acetylenes is 1. The van der Waals surface area contributed by atoms with Gasteiger partial charge in [-0.05, 0) is 24.5 Å². The van der Waals surface area contributed by atoms with Gasteiger partial charge in [-0.15, -0.1) is 6.42 Å². The molecule has 2 rings (SSSR count). The summed E-state index contributed by atoms with van der Waals surface area (Å²) in [6, 6.07) is 2.84. The molecule has 0 saturated heterocycles. The second-order valence-corrected chi connectivity index (χ2v) is 4.98. The van der Waals surface area contributed by atoms with E-state index in [-0.39, 0.29) is 17.6 Å². The molecule has 1 atom stereocenters. The van der Waals surface area contributed by atoms with Gasteiger partial charge in [-0.1, -0.05) is 19.3 Å². The smallest absolute Gasteiger partial charge is 0.292 e. The molecule has 1 amide bonds. The van der Waals surface area contributed by atoms with Crippen molar-refractivity contribution in [1.29, 1.82) is 0 Å². The molecule has 0 bridgehead atoms. The quantitative estimate of drug-likeness (QED) is 0.495. The zero-order valence-electron chi connectivity index (χ0n) is 11.8. The van der Waals surface area contributed by atoms with E-state index in [0.717, 1.165) is 18.4 Å². The first-order valence-electron chi connectivity index (χ1n) is 6.89. The first-order chi connectivity index (χ1) is 10.0. The van der Waals surface area contributed by atoms with Gasteiger partial charge in [-0.25, -0.2) is 0 Å². The van der Waals surface area contributed by atoms with Gasteiger partial charge in [0.25, 0.3) is 5.69 Å². The number of anilines is 2. The summed E-state index contributed by atoms with van der Waals surface area (Å²) < 4.78 is 0. The predicted molar refractivity (Wildman–Crippen MR) is 81.2 cm³/mol. The van der Waals surface area contributed by atoms with Crippen LogP contribution in [0, 0.1) is 22.5 Å². The summed E-state index contributed by atoms with van der Waals surface area (Å²) in [5.74, 6) is 2.51. The van der Waals surface area contributed by atoms with E-state index in [0.29, 0.717) is 24.2 Å². The summed E-state index contributed by atoms with van der Waals surface area (Å²) in [5.41, 5.74) is 1.73. The SMILES string of the molecule is C#CC(CCC)Nc1cc2c(cc1[N+](=O)[O-])CCC(=O)N2. The molecule has 6 nitrogen and oxygen atoms in total. The van der Waals surface area contributed by atoms with Gasteiger partial charge in [0.15, 0.2) is 0 Å².